The first-order chi connectivity index (χ1) is 11.7. The average molecular weight is 390 g/mol. The standard InChI is InChI=1S/C18H17NO4Se/c1-21-14-8-12(9-15(22-2)17(14)23-3)18-16(19-10-24-18)11-4-6-13(20)7-5-11/h4-10,20H,1-3H3. The Hall–Kier alpha value is -2.43. The summed E-state index contributed by atoms with van der Waals surface area (Å²) in [5.74, 6) is 2.04. The van der Waals surface area contributed by atoms with Crippen LogP contribution in [0, 0.1) is 0 Å². The molecule has 0 saturated carbocycles. The first-order valence-corrected chi connectivity index (χ1v) is 9.05. The monoisotopic (exact) mass is 391 g/mol. The van der Waals surface area contributed by atoms with Crippen molar-refractivity contribution in [2.75, 3.05) is 21.3 Å². The maximum absolute atomic E-state index is 9.48. The first kappa shape index (κ1) is 16.4. The molecular weight excluding hydrogens is 373 g/mol. The second-order valence-electron chi connectivity index (χ2n) is 4.99. The van der Waals surface area contributed by atoms with E-state index < -0.39 is 0 Å². The van der Waals surface area contributed by atoms with Gasteiger partial charge in [0.05, 0.1) is 0 Å². The van der Waals surface area contributed by atoms with Crippen molar-refractivity contribution in [1.29, 1.82) is 0 Å². The third-order valence-corrected chi connectivity index (χ3v) is 5.47. The van der Waals surface area contributed by atoms with Gasteiger partial charge in [-0.2, -0.15) is 0 Å². The molecule has 0 bridgehead atoms. The number of nitrogens with zero attached hydrogens (tertiary/aromatic N) is 1. The number of hydrogen-bond donors (Lipinski definition) is 1. The summed E-state index contributed by atoms with van der Waals surface area (Å²) in [5, 5.41) is 11.4. The van der Waals surface area contributed by atoms with Gasteiger partial charge in [-0.1, -0.05) is 0 Å². The van der Waals surface area contributed by atoms with E-state index in [1.807, 2.05) is 29.3 Å². The van der Waals surface area contributed by atoms with Crippen LogP contribution >= 0.6 is 0 Å². The van der Waals surface area contributed by atoms with E-state index in [0.717, 1.165) is 21.3 Å². The van der Waals surface area contributed by atoms with Gasteiger partial charge >= 0.3 is 146 Å². The molecule has 0 aliphatic rings. The van der Waals surface area contributed by atoms with Crippen LogP contribution in [-0.4, -0.2) is 45.9 Å². The quantitative estimate of drug-likeness (QED) is 0.678. The summed E-state index contributed by atoms with van der Waals surface area (Å²) in [6, 6.07) is 10.9. The Labute approximate surface area is 146 Å². The molecule has 6 heteroatoms. The Morgan fingerprint density at radius 1 is 0.875 bits per heavy atom. The second-order valence-corrected chi connectivity index (χ2v) is 6.78. The van der Waals surface area contributed by atoms with Crippen LogP contribution in [0.1, 0.15) is 0 Å². The van der Waals surface area contributed by atoms with E-state index in [2.05, 4.69) is 4.98 Å². The second kappa shape index (κ2) is 6.99. The summed E-state index contributed by atoms with van der Waals surface area (Å²) in [5.41, 5.74) is 2.86. The van der Waals surface area contributed by atoms with Gasteiger partial charge in [-0.15, -0.1) is 0 Å². The van der Waals surface area contributed by atoms with E-state index in [0.29, 0.717) is 17.2 Å². The van der Waals surface area contributed by atoms with E-state index in [-0.39, 0.29) is 20.3 Å². The van der Waals surface area contributed by atoms with Crippen molar-refractivity contribution in [2.45, 2.75) is 0 Å². The SMILES string of the molecule is COc1cc(-c2[se]cnc2-c2ccc(O)cc2)cc(OC)c1OC. The van der Waals surface area contributed by atoms with Gasteiger partial charge < -0.3 is 0 Å². The molecule has 5 nitrogen and oxygen atoms in total. The van der Waals surface area contributed by atoms with E-state index in [1.54, 1.807) is 33.5 Å². The fourth-order valence-corrected chi connectivity index (χ4v) is 4.17. The molecule has 0 saturated heterocycles. The molecule has 0 unspecified atom stereocenters. The number of hydrogen-bond acceptors (Lipinski definition) is 5. The molecule has 24 heavy (non-hydrogen) atoms. The van der Waals surface area contributed by atoms with E-state index in [9.17, 15) is 5.11 Å². The predicted octanol–water partition coefficient (Wildman–Crippen LogP) is 3.20. The Balaban J connectivity index is 2.14. The van der Waals surface area contributed by atoms with Crippen molar-refractivity contribution in [2.24, 2.45) is 0 Å². The third-order valence-electron chi connectivity index (χ3n) is 3.64. The molecule has 0 aliphatic carbocycles. The zero-order chi connectivity index (χ0) is 17.1. The minimum atomic E-state index is 0.109. The minimum absolute atomic E-state index is 0.109. The topological polar surface area (TPSA) is 60.8 Å². The molecule has 0 radical (unpaired) electrons. The van der Waals surface area contributed by atoms with Crippen LogP contribution in [0.5, 0.6) is 23.0 Å². The van der Waals surface area contributed by atoms with Gasteiger partial charge in [-0.05, 0) is 0 Å². The molecule has 0 atom stereocenters. The Kier molecular flexibility index (Phi) is 4.78. The van der Waals surface area contributed by atoms with Crippen LogP contribution in [-0.2, 0) is 0 Å². The Bertz CT molecular complexity index is 817. The molecule has 0 spiro atoms. The average Bonchev–Trinajstić information content (AvgIpc) is 3.10. The fraction of sp³-hybridized carbons (Fsp3) is 0.167. The van der Waals surface area contributed by atoms with Crippen LogP contribution in [0.25, 0.3) is 21.3 Å². The number of phenolic OH excluding ortho intramolecular Hbond substituents is 1. The van der Waals surface area contributed by atoms with Crippen LogP contribution < -0.4 is 14.2 Å². The van der Waals surface area contributed by atoms with Crippen molar-refractivity contribution in [3.8, 4) is 44.3 Å². The molecule has 1 N–H and O–H groups in total. The van der Waals surface area contributed by atoms with Gasteiger partial charge in [0.15, 0.2) is 0 Å². The fourth-order valence-electron chi connectivity index (χ4n) is 2.49. The van der Waals surface area contributed by atoms with Gasteiger partial charge in [-0.3, -0.25) is 0 Å². The van der Waals surface area contributed by atoms with Crippen LogP contribution in [0.3, 0.4) is 0 Å². The molecule has 3 rings (SSSR count). The third kappa shape index (κ3) is 2.98. The number of aromatic hydroxyl groups is 1. The van der Waals surface area contributed by atoms with Gasteiger partial charge in [0, 0.05) is 0 Å². The van der Waals surface area contributed by atoms with E-state index >= 15 is 0 Å². The molecule has 124 valence electrons. The summed E-state index contributed by atoms with van der Waals surface area (Å²) in [7, 11) is 4.79. The van der Waals surface area contributed by atoms with Gasteiger partial charge in [-0.25, -0.2) is 0 Å². The Morgan fingerprint density at radius 3 is 2.04 bits per heavy atom. The number of benzene rings is 2. The first-order valence-electron chi connectivity index (χ1n) is 7.21. The van der Waals surface area contributed by atoms with Crippen LogP contribution in [0.4, 0.5) is 0 Å². The summed E-state index contributed by atoms with van der Waals surface area (Å²) in [4.78, 5) is 4.53. The molecule has 0 aliphatic heterocycles. The molecule has 1 heterocycles. The number of aromatic nitrogens is 1. The van der Waals surface area contributed by atoms with Crippen molar-refractivity contribution in [3.63, 3.8) is 0 Å². The molecule has 0 fully saturated rings. The molecule has 0 amide bonds. The van der Waals surface area contributed by atoms with Crippen LogP contribution in [0.2, 0.25) is 0 Å². The number of methoxy groups -OCH3 is 3. The van der Waals surface area contributed by atoms with Gasteiger partial charge in [0.1, 0.15) is 0 Å². The zero-order valence-corrected chi connectivity index (χ0v) is 15.3. The number of rotatable bonds is 5. The van der Waals surface area contributed by atoms with Crippen molar-refractivity contribution >= 4 is 14.5 Å². The molecule has 1 aromatic heterocycles. The maximum atomic E-state index is 9.48. The van der Waals surface area contributed by atoms with E-state index in [4.69, 9.17) is 14.2 Å². The van der Waals surface area contributed by atoms with Crippen molar-refractivity contribution < 1.29 is 19.3 Å². The molecule has 3 aromatic rings. The van der Waals surface area contributed by atoms with Crippen molar-refractivity contribution in [3.05, 3.63) is 41.5 Å². The molecular formula is C18H17NO4Se. The van der Waals surface area contributed by atoms with Gasteiger partial charge in [0.25, 0.3) is 0 Å². The summed E-state index contributed by atoms with van der Waals surface area (Å²) in [6.07, 6.45) is 0. The zero-order valence-electron chi connectivity index (χ0n) is 13.6. The van der Waals surface area contributed by atoms with Crippen LogP contribution in [0.15, 0.2) is 41.5 Å². The number of phenols is 1. The van der Waals surface area contributed by atoms with E-state index in [1.165, 1.54) is 0 Å². The normalized spacial score (nSPS) is 10.5. The van der Waals surface area contributed by atoms with Crippen molar-refractivity contribution in [1.82, 2.24) is 4.98 Å². The number of ether oxygens (including phenoxy) is 3. The summed E-state index contributed by atoms with van der Waals surface area (Å²) >= 11 is 0.109. The predicted molar refractivity (Wildman–Crippen MR) is 93.4 cm³/mol. The molecule has 2 aromatic carbocycles. The summed E-state index contributed by atoms with van der Waals surface area (Å²) < 4.78 is 17.4. The van der Waals surface area contributed by atoms with Gasteiger partial charge in [0.2, 0.25) is 0 Å². The Morgan fingerprint density at radius 2 is 1.50 bits per heavy atom. The summed E-state index contributed by atoms with van der Waals surface area (Å²) in [6.45, 7) is 0.